The van der Waals surface area contributed by atoms with E-state index in [2.05, 4.69) is 21.2 Å². The van der Waals surface area contributed by atoms with E-state index in [4.69, 9.17) is 9.15 Å². The van der Waals surface area contributed by atoms with Gasteiger partial charge in [0, 0.05) is 23.2 Å². The Balaban J connectivity index is 1.56. The Hall–Kier alpha value is -1.17. The molecule has 108 valence electrons. The van der Waals surface area contributed by atoms with Gasteiger partial charge in [0.1, 0.15) is 18.2 Å². The smallest absolute Gasteiger partial charge is 0.129 e. The Bertz CT molecular complexity index is 517. The second kappa shape index (κ2) is 8.19. The summed E-state index contributed by atoms with van der Waals surface area (Å²) in [5, 5.41) is 3.20. The molecular weight excluding hydrogens is 325 g/mol. The van der Waals surface area contributed by atoms with Crippen LogP contribution in [0.2, 0.25) is 0 Å². The standard InChI is InChI=1S/C15H17BrFNO2/c16-13-4-5-15(17)12(9-13)10-18-6-2-7-19-11-14-3-1-8-20-14/h1,3-5,8-9,18H,2,6-7,10-11H2. The van der Waals surface area contributed by atoms with Crippen molar-refractivity contribution in [1.29, 1.82) is 0 Å². The van der Waals surface area contributed by atoms with Crippen LogP contribution in [0.25, 0.3) is 0 Å². The molecule has 0 spiro atoms. The maximum atomic E-state index is 13.5. The molecule has 1 aromatic carbocycles. The molecule has 0 saturated heterocycles. The summed E-state index contributed by atoms with van der Waals surface area (Å²) >= 11 is 3.34. The molecule has 0 aliphatic heterocycles. The molecule has 0 saturated carbocycles. The molecule has 2 rings (SSSR count). The fourth-order valence-corrected chi connectivity index (χ4v) is 2.18. The average Bonchev–Trinajstić information content (AvgIpc) is 2.94. The highest BCUT2D eigenvalue weighted by Gasteiger charge is 2.02. The van der Waals surface area contributed by atoms with Crippen LogP contribution in [0.15, 0.2) is 45.5 Å². The predicted molar refractivity (Wildman–Crippen MR) is 78.8 cm³/mol. The van der Waals surface area contributed by atoms with Gasteiger partial charge in [0.05, 0.1) is 6.26 Å². The maximum absolute atomic E-state index is 13.5. The van der Waals surface area contributed by atoms with Gasteiger partial charge in [-0.15, -0.1) is 0 Å². The summed E-state index contributed by atoms with van der Waals surface area (Å²) in [5.74, 6) is 0.643. The molecule has 0 amide bonds. The Kier molecular flexibility index (Phi) is 6.24. The quantitative estimate of drug-likeness (QED) is 0.740. The number of hydrogen-bond donors (Lipinski definition) is 1. The first-order valence-corrected chi connectivity index (χ1v) is 7.30. The van der Waals surface area contributed by atoms with Gasteiger partial charge in [-0.25, -0.2) is 4.39 Å². The van der Waals surface area contributed by atoms with Crippen molar-refractivity contribution in [2.75, 3.05) is 13.2 Å². The SMILES string of the molecule is Fc1ccc(Br)cc1CNCCCOCc1ccco1. The predicted octanol–water partition coefficient (Wildman–Crippen LogP) is 3.88. The number of ether oxygens (including phenoxy) is 1. The summed E-state index contributed by atoms with van der Waals surface area (Å²) in [6.07, 6.45) is 2.50. The monoisotopic (exact) mass is 341 g/mol. The van der Waals surface area contributed by atoms with Crippen LogP contribution in [-0.4, -0.2) is 13.2 Å². The van der Waals surface area contributed by atoms with Crippen LogP contribution in [0, 0.1) is 5.82 Å². The van der Waals surface area contributed by atoms with E-state index in [0.717, 1.165) is 23.2 Å². The average molecular weight is 342 g/mol. The number of hydrogen-bond acceptors (Lipinski definition) is 3. The number of benzene rings is 1. The van der Waals surface area contributed by atoms with Crippen molar-refractivity contribution in [2.24, 2.45) is 0 Å². The number of rotatable bonds is 8. The Morgan fingerprint density at radius 2 is 2.20 bits per heavy atom. The number of nitrogens with one attached hydrogen (secondary N) is 1. The first kappa shape index (κ1) is 15.2. The second-order valence-corrected chi connectivity index (χ2v) is 5.31. The third kappa shape index (κ3) is 5.07. The van der Waals surface area contributed by atoms with Crippen molar-refractivity contribution in [3.05, 3.63) is 58.2 Å². The van der Waals surface area contributed by atoms with Gasteiger partial charge in [-0.05, 0) is 43.3 Å². The molecule has 20 heavy (non-hydrogen) atoms. The molecule has 3 nitrogen and oxygen atoms in total. The van der Waals surface area contributed by atoms with E-state index < -0.39 is 0 Å². The van der Waals surface area contributed by atoms with E-state index in [1.165, 1.54) is 6.07 Å². The third-order valence-corrected chi connectivity index (χ3v) is 3.28. The van der Waals surface area contributed by atoms with Crippen LogP contribution < -0.4 is 5.32 Å². The molecule has 1 aromatic heterocycles. The second-order valence-electron chi connectivity index (χ2n) is 4.40. The van der Waals surface area contributed by atoms with Gasteiger partial charge in [0.15, 0.2) is 0 Å². The molecule has 0 bridgehead atoms. The largest absolute Gasteiger partial charge is 0.467 e. The number of furan rings is 1. The molecular formula is C15H17BrFNO2. The first-order chi connectivity index (χ1) is 9.75. The van der Waals surface area contributed by atoms with Crippen molar-refractivity contribution >= 4 is 15.9 Å². The molecule has 0 aliphatic rings. The van der Waals surface area contributed by atoms with Crippen molar-refractivity contribution in [1.82, 2.24) is 5.32 Å². The molecule has 0 aliphatic carbocycles. The minimum absolute atomic E-state index is 0.185. The molecule has 0 fully saturated rings. The molecule has 1 heterocycles. The van der Waals surface area contributed by atoms with E-state index in [9.17, 15) is 4.39 Å². The molecule has 1 N–H and O–H groups in total. The molecule has 0 atom stereocenters. The van der Waals surface area contributed by atoms with Crippen molar-refractivity contribution in [2.45, 2.75) is 19.6 Å². The third-order valence-electron chi connectivity index (χ3n) is 2.79. The minimum Gasteiger partial charge on any atom is -0.467 e. The summed E-state index contributed by atoms with van der Waals surface area (Å²) in [6.45, 7) is 2.44. The Morgan fingerprint density at radius 3 is 3.00 bits per heavy atom. The van der Waals surface area contributed by atoms with Gasteiger partial charge in [0.2, 0.25) is 0 Å². The zero-order valence-corrected chi connectivity index (χ0v) is 12.7. The van der Waals surface area contributed by atoms with Crippen molar-refractivity contribution < 1.29 is 13.5 Å². The van der Waals surface area contributed by atoms with Crippen LogP contribution >= 0.6 is 15.9 Å². The lowest BCUT2D eigenvalue weighted by Gasteiger charge is -2.07. The van der Waals surface area contributed by atoms with E-state index in [-0.39, 0.29) is 5.82 Å². The normalized spacial score (nSPS) is 10.9. The van der Waals surface area contributed by atoms with Gasteiger partial charge in [0.25, 0.3) is 0 Å². The zero-order valence-electron chi connectivity index (χ0n) is 11.1. The highest BCUT2D eigenvalue weighted by molar-refractivity contribution is 9.10. The fraction of sp³-hybridized carbons (Fsp3) is 0.333. The van der Waals surface area contributed by atoms with Crippen LogP contribution in [0.5, 0.6) is 0 Å². The van der Waals surface area contributed by atoms with Crippen LogP contribution in [0.1, 0.15) is 17.7 Å². The van der Waals surface area contributed by atoms with E-state index in [0.29, 0.717) is 25.3 Å². The number of halogens is 2. The van der Waals surface area contributed by atoms with Crippen molar-refractivity contribution in [3.63, 3.8) is 0 Å². The van der Waals surface area contributed by atoms with Gasteiger partial charge in [-0.3, -0.25) is 0 Å². The zero-order chi connectivity index (χ0) is 14.2. The minimum atomic E-state index is -0.185. The summed E-state index contributed by atoms with van der Waals surface area (Å²) in [4.78, 5) is 0. The summed E-state index contributed by atoms with van der Waals surface area (Å²) < 4.78 is 25.0. The van der Waals surface area contributed by atoms with E-state index in [1.807, 2.05) is 12.1 Å². The highest BCUT2D eigenvalue weighted by Crippen LogP contribution is 2.15. The molecule has 0 radical (unpaired) electrons. The Morgan fingerprint density at radius 1 is 1.30 bits per heavy atom. The lowest BCUT2D eigenvalue weighted by Crippen LogP contribution is -2.17. The fourth-order valence-electron chi connectivity index (χ4n) is 1.77. The summed E-state index contributed by atoms with van der Waals surface area (Å²) in [5.41, 5.74) is 0.663. The van der Waals surface area contributed by atoms with Gasteiger partial charge >= 0.3 is 0 Å². The molecule has 0 unspecified atom stereocenters. The molecule has 5 heteroatoms. The van der Waals surface area contributed by atoms with Gasteiger partial charge in [-0.1, -0.05) is 15.9 Å². The summed E-state index contributed by atoms with van der Waals surface area (Å²) in [7, 11) is 0. The van der Waals surface area contributed by atoms with E-state index in [1.54, 1.807) is 18.4 Å². The Labute approximate surface area is 126 Å². The van der Waals surface area contributed by atoms with Crippen LogP contribution in [0.4, 0.5) is 4.39 Å². The first-order valence-electron chi connectivity index (χ1n) is 6.50. The molecule has 2 aromatic rings. The lowest BCUT2D eigenvalue weighted by atomic mass is 10.2. The van der Waals surface area contributed by atoms with Gasteiger partial charge < -0.3 is 14.5 Å². The van der Waals surface area contributed by atoms with Crippen LogP contribution in [0.3, 0.4) is 0 Å². The van der Waals surface area contributed by atoms with Crippen molar-refractivity contribution in [3.8, 4) is 0 Å². The van der Waals surface area contributed by atoms with Gasteiger partial charge in [-0.2, -0.15) is 0 Å². The van der Waals surface area contributed by atoms with Crippen LogP contribution in [-0.2, 0) is 17.9 Å². The lowest BCUT2D eigenvalue weighted by molar-refractivity contribution is 0.104. The topological polar surface area (TPSA) is 34.4 Å². The summed E-state index contributed by atoms with van der Waals surface area (Å²) in [6, 6.07) is 8.67. The maximum Gasteiger partial charge on any atom is 0.129 e. The van der Waals surface area contributed by atoms with E-state index >= 15 is 0 Å². The highest BCUT2D eigenvalue weighted by atomic mass is 79.9.